The Hall–Kier alpha value is -2.61. The van der Waals surface area contributed by atoms with Crippen LogP contribution in [-0.4, -0.2) is 31.1 Å². The van der Waals surface area contributed by atoms with Gasteiger partial charge in [0.1, 0.15) is 0 Å². The van der Waals surface area contributed by atoms with E-state index in [1.165, 1.54) is 16.6 Å². The Labute approximate surface area is 140 Å². The third-order valence-corrected chi connectivity index (χ3v) is 5.63. The van der Waals surface area contributed by atoms with Crippen LogP contribution in [0.5, 0.6) is 0 Å². The van der Waals surface area contributed by atoms with Crippen molar-refractivity contribution in [1.29, 1.82) is 0 Å². The Morgan fingerprint density at radius 2 is 2.12 bits per heavy atom. The number of carboxylic acid groups (broad SMARTS) is 1. The van der Waals surface area contributed by atoms with E-state index in [4.69, 9.17) is 5.11 Å². The van der Waals surface area contributed by atoms with Gasteiger partial charge in [-0.1, -0.05) is 12.1 Å². The third kappa shape index (κ3) is 3.05. The first-order valence-electron chi connectivity index (χ1n) is 7.46. The number of nitrogens with zero attached hydrogens (tertiary/aromatic N) is 2. The van der Waals surface area contributed by atoms with Crippen molar-refractivity contribution in [2.45, 2.75) is 24.7 Å². The number of rotatable bonds is 3. The molecule has 3 rings (SSSR count). The Morgan fingerprint density at radius 3 is 2.83 bits per heavy atom. The molecule has 0 atom stereocenters. The average Bonchev–Trinajstić information content (AvgIpc) is 2.53. The Kier molecular flexibility index (Phi) is 4.15. The number of hydrogen-bond donors (Lipinski definition) is 2. The van der Waals surface area contributed by atoms with E-state index in [1.54, 1.807) is 18.2 Å². The summed E-state index contributed by atoms with van der Waals surface area (Å²) in [5, 5.41) is 11.0. The van der Waals surface area contributed by atoms with Crippen LogP contribution in [0.1, 0.15) is 17.7 Å². The lowest BCUT2D eigenvalue weighted by Crippen LogP contribution is -2.36. The molecule has 1 aliphatic heterocycles. The molecule has 0 fully saturated rings. The second kappa shape index (κ2) is 6.12. The van der Waals surface area contributed by atoms with Crippen LogP contribution in [0.25, 0.3) is 0 Å². The van der Waals surface area contributed by atoms with Crippen LogP contribution in [0.3, 0.4) is 0 Å². The molecule has 2 heterocycles. The minimum Gasteiger partial charge on any atom is -0.465 e. The van der Waals surface area contributed by atoms with E-state index in [0.717, 1.165) is 5.56 Å². The number of nitrogens with one attached hydrogen (secondary N) is 1. The summed E-state index contributed by atoms with van der Waals surface area (Å²) >= 11 is 0. The van der Waals surface area contributed by atoms with Gasteiger partial charge in [0.15, 0.2) is 0 Å². The molecule has 1 aliphatic rings. The summed E-state index contributed by atoms with van der Waals surface area (Å²) in [5.41, 5.74) is 2.17. The number of hydrogen-bond acceptors (Lipinski definition) is 4. The van der Waals surface area contributed by atoms with Gasteiger partial charge in [0.05, 0.1) is 28.2 Å². The molecule has 8 heteroatoms. The smallest absolute Gasteiger partial charge is 0.409 e. The first kappa shape index (κ1) is 16.3. The van der Waals surface area contributed by atoms with Crippen molar-refractivity contribution < 1.29 is 18.3 Å². The van der Waals surface area contributed by atoms with Crippen LogP contribution in [0.4, 0.5) is 16.2 Å². The van der Waals surface area contributed by atoms with Gasteiger partial charge in [-0.25, -0.2) is 13.2 Å². The van der Waals surface area contributed by atoms with E-state index >= 15 is 0 Å². The largest absolute Gasteiger partial charge is 0.465 e. The lowest BCUT2D eigenvalue weighted by molar-refractivity contribution is 0.209. The lowest BCUT2D eigenvalue weighted by Gasteiger charge is -2.30. The second-order valence-corrected chi connectivity index (χ2v) is 7.48. The summed E-state index contributed by atoms with van der Waals surface area (Å²) in [5.74, 6) is 0. The number of sulfonamides is 1. The fourth-order valence-electron chi connectivity index (χ4n) is 2.75. The van der Waals surface area contributed by atoms with Crippen LogP contribution in [0.15, 0.2) is 41.4 Å². The summed E-state index contributed by atoms with van der Waals surface area (Å²) in [4.78, 5) is 15.2. The standard InChI is InChI=1S/C16H17N3O4S/c1-11-4-2-5-13(8-11)24(22,23)19-7-3-6-14-15(19)9-12(10-17-14)18-16(20)21/h2,4-5,8-10,18H,3,6-7H2,1H3,(H,20,21). The number of aryl methyl sites for hydroxylation is 2. The fraction of sp³-hybridized carbons (Fsp3) is 0.250. The van der Waals surface area contributed by atoms with Crippen molar-refractivity contribution >= 4 is 27.5 Å². The summed E-state index contributed by atoms with van der Waals surface area (Å²) in [7, 11) is -3.73. The Morgan fingerprint density at radius 1 is 1.33 bits per heavy atom. The van der Waals surface area contributed by atoms with Gasteiger partial charge in [-0.15, -0.1) is 0 Å². The van der Waals surface area contributed by atoms with Crippen molar-refractivity contribution in [2.75, 3.05) is 16.2 Å². The average molecular weight is 347 g/mol. The molecule has 126 valence electrons. The zero-order valence-electron chi connectivity index (χ0n) is 13.1. The van der Waals surface area contributed by atoms with Crippen molar-refractivity contribution in [2.24, 2.45) is 0 Å². The normalized spacial score (nSPS) is 14.1. The van der Waals surface area contributed by atoms with Crippen LogP contribution in [0, 0.1) is 6.92 Å². The van der Waals surface area contributed by atoms with Gasteiger partial charge in [0.25, 0.3) is 10.0 Å². The number of fused-ring (bicyclic) bond motifs is 1. The summed E-state index contributed by atoms with van der Waals surface area (Å²) < 4.78 is 27.3. The molecule has 1 aromatic heterocycles. The number of pyridine rings is 1. The molecular formula is C16H17N3O4S. The predicted octanol–water partition coefficient (Wildman–Crippen LogP) is 2.62. The van der Waals surface area contributed by atoms with E-state index in [2.05, 4.69) is 10.3 Å². The van der Waals surface area contributed by atoms with Gasteiger partial charge in [0, 0.05) is 6.54 Å². The van der Waals surface area contributed by atoms with Crippen LogP contribution in [-0.2, 0) is 16.4 Å². The maximum atomic E-state index is 13.0. The summed E-state index contributed by atoms with van der Waals surface area (Å²) in [6.07, 6.45) is 1.50. The van der Waals surface area contributed by atoms with Gasteiger partial charge in [-0.3, -0.25) is 14.6 Å². The van der Waals surface area contributed by atoms with Crippen LogP contribution >= 0.6 is 0 Å². The van der Waals surface area contributed by atoms with Crippen LogP contribution in [0.2, 0.25) is 0 Å². The van der Waals surface area contributed by atoms with Crippen molar-refractivity contribution in [3.8, 4) is 0 Å². The number of amides is 1. The maximum Gasteiger partial charge on any atom is 0.409 e. The third-order valence-electron chi connectivity index (χ3n) is 3.82. The topological polar surface area (TPSA) is 99.6 Å². The highest BCUT2D eigenvalue weighted by atomic mass is 32.2. The number of anilines is 2. The first-order chi connectivity index (χ1) is 11.4. The minimum atomic E-state index is -3.73. The molecule has 1 amide bonds. The molecule has 2 N–H and O–H groups in total. The lowest BCUT2D eigenvalue weighted by atomic mass is 10.1. The van der Waals surface area contributed by atoms with Gasteiger partial charge in [-0.2, -0.15) is 0 Å². The Balaban J connectivity index is 2.06. The molecule has 2 aromatic rings. The summed E-state index contributed by atoms with van der Waals surface area (Å²) in [6, 6.07) is 8.23. The maximum absolute atomic E-state index is 13.0. The van der Waals surface area contributed by atoms with Gasteiger partial charge < -0.3 is 5.11 Å². The predicted molar refractivity (Wildman–Crippen MR) is 89.9 cm³/mol. The highest BCUT2D eigenvalue weighted by Gasteiger charge is 2.30. The zero-order chi connectivity index (χ0) is 17.3. The van der Waals surface area contributed by atoms with Gasteiger partial charge >= 0.3 is 6.09 Å². The molecule has 24 heavy (non-hydrogen) atoms. The van der Waals surface area contributed by atoms with Crippen molar-refractivity contribution in [3.05, 3.63) is 47.8 Å². The number of benzene rings is 1. The molecule has 0 saturated carbocycles. The first-order valence-corrected chi connectivity index (χ1v) is 8.90. The van der Waals surface area contributed by atoms with Gasteiger partial charge in [0.2, 0.25) is 0 Å². The van der Waals surface area contributed by atoms with E-state index in [1.807, 2.05) is 13.0 Å². The van der Waals surface area contributed by atoms with E-state index in [-0.39, 0.29) is 10.6 Å². The van der Waals surface area contributed by atoms with E-state index in [0.29, 0.717) is 30.8 Å². The quantitative estimate of drug-likeness (QED) is 0.889. The molecule has 0 radical (unpaired) electrons. The number of aromatic nitrogens is 1. The number of carbonyl (C=O) groups is 1. The second-order valence-electron chi connectivity index (χ2n) is 5.62. The van der Waals surface area contributed by atoms with Gasteiger partial charge in [-0.05, 0) is 43.5 Å². The summed E-state index contributed by atoms with van der Waals surface area (Å²) in [6.45, 7) is 2.17. The molecule has 0 bridgehead atoms. The minimum absolute atomic E-state index is 0.215. The van der Waals surface area contributed by atoms with Crippen LogP contribution < -0.4 is 9.62 Å². The van der Waals surface area contributed by atoms with Crippen molar-refractivity contribution in [3.63, 3.8) is 0 Å². The molecule has 0 unspecified atom stereocenters. The van der Waals surface area contributed by atoms with E-state index in [9.17, 15) is 13.2 Å². The molecule has 0 saturated heterocycles. The molecule has 1 aromatic carbocycles. The highest BCUT2D eigenvalue weighted by molar-refractivity contribution is 7.92. The fourth-order valence-corrected chi connectivity index (χ4v) is 4.37. The molecule has 7 nitrogen and oxygen atoms in total. The zero-order valence-corrected chi connectivity index (χ0v) is 13.9. The molecule has 0 aliphatic carbocycles. The van der Waals surface area contributed by atoms with E-state index < -0.39 is 16.1 Å². The SMILES string of the molecule is Cc1cccc(S(=O)(=O)N2CCCc3ncc(NC(=O)O)cc32)c1. The molecular weight excluding hydrogens is 330 g/mol. The Bertz CT molecular complexity index is 896. The monoisotopic (exact) mass is 347 g/mol. The molecule has 0 spiro atoms. The van der Waals surface area contributed by atoms with Crippen molar-refractivity contribution in [1.82, 2.24) is 4.98 Å². The highest BCUT2D eigenvalue weighted by Crippen LogP contribution is 2.32.